The van der Waals surface area contributed by atoms with Crippen molar-refractivity contribution in [1.82, 2.24) is 5.32 Å². The molecule has 0 aliphatic rings. The Bertz CT molecular complexity index is 542. The molecule has 112 valence electrons. The molecule has 0 saturated heterocycles. The summed E-state index contributed by atoms with van der Waals surface area (Å²) in [7, 11) is 0. The molecule has 3 heteroatoms. The van der Waals surface area contributed by atoms with Crippen LogP contribution in [0.15, 0.2) is 48.5 Å². The third-order valence-electron chi connectivity index (χ3n) is 3.24. The van der Waals surface area contributed by atoms with E-state index in [2.05, 4.69) is 12.2 Å². The van der Waals surface area contributed by atoms with Crippen LogP contribution in [0.3, 0.4) is 0 Å². The van der Waals surface area contributed by atoms with Crippen molar-refractivity contribution in [1.29, 1.82) is 0 Å². The SMILES string of the molecule is CCCNCc1ccc(F)c(COCc2ccccc2)c1. The highest BCUT2D eigenvalue weighted by molar-refractivity contribution is 5.24. The lowest BCUT2D eigenvalue weighted by Gasteiger charge is -2.09. The van der Waals surface area contributed by atoms with Gasteiger partial charge in [-0.15, -0.1) is 0 Å². The third-order valence-corrected chi connectivity index (χ3v) is 3.24. The molecule has 0 aliphatic carbocycles. The molecule has 0 fully saturated rings. The standard InChI is InChI=1S/C18H22FNO/c1-2-10-20-12-16-8-9-18(19)17(11-16)14-21-13-15-6-4-3-5-7-15/h3-9,11,20H,2,10,12-14H2,1H3. The second-order valence-electron chi connectivity index (χ2n) is 5.08. The van der Waals surface area contributed by atoms with Crippen molar-refractivity contribution >= 4 is 0 Å². The Hall–Kier alpha value is -1.71. The van der Waals surface area contributed by atoms with Gasteiger partial charge in [-0.25, -0.2) is 4.39 Å². The molecule has 1 N–H and O–H groups in total. The van der Waals surface area contributed by atoms with Gasteiger partial charge in [-0.05, 0) is 36.2 Å². The predicted molar refractivity (Wildman–Crippen MR) is 83.3 cm³/mol. The van der Waals surface area contributed by atoms with Crippen LogP contribution in [0.5, 0.6) is 0 Å². The van der Waals surface area contributed by atoms with Gasteiger partial charge >= 0.3 is 0 Å². The van der Waals surface area contributed by atoms with Crippen molar-refractivity contribution in [3.05, 3.63) is 71.0 Å². The molecule has 2 rings (SSSR count). The van der Waals surface area contributed by atoms with Crippen LogP contribution in [0, 0.1) is 5.82 Å². The molecule has 0 amide bonds. The zero-order valence-electron chi connectivity index (χ0n) is 12.4. The van der Waals surface area contributed by atoms with E-state index in [-0.39, 0.29) is 5.82 Å². The third kappa shape index (κ3) is 5.29. The molecule has 21 heavy (non-hydrogen) atoms. The van der Waals surface area contributed by atoms with Crippen molar-refractivity contribution in [3.8, 4) is 0 Å². The number of ether oxygens (including phenoxy) is 1. The maximum atomic E-state index is 13.8. The van der Waals surface area contributed by atoms with E-state index in [0.717, 1.165) is 30.6 Å². The van der Waals surface area contributed by atoms with Gasteiger partial charge in [0.15, 0.2) is 0 Å². The van der Waals surface area contributed by atoms with E-state index in [9.17, 15) is 4.39 Å². The number of hydrogen-bond donors (Lipinski definition) is 1. The van der Waals surface area contributed by atoms with Crippen molar-refractivity contribution in [3.63, 3.8) is 0 Å². The molecule has 2 aromatic rings. The molecule has 2 nitrogen and oxygen atoms in total. The lowest BCUT2D eigenvalue weighted by atomic mass is 10.1. The van der Waals surface area contributed by atoms with Crippen LogP contribution in [0.2, 0.25) is 0 Å². The summed E-state index contributed by atoms with van der Waals surface area (Å²) < 4.78 is 19.4. The molecule has 0 bridgehead atoms. The highest BCUT2D eigenvalue weighted by atomic mass is 19.1. The highest BCUT2D eigenvalue weighted by Crippen LogP contribution is 2.13. The number of benzene rings is 2. The van der Waals surface area contributed by atoms with E-state index < -0.39 is 0 Å². The van der Waals surface area contributed by atoms with Gasteiger partial charge in [-0.2, -0.15) is 0 Å². The minimum Gasteiger partial charge on any atom is -0.372 e. The van der Waals surface area contributed by atoms with Crippen molar-refractivity contribution < 1.29 is 9.13 Å². The first-order chi connectivity index (χ1) is 10.3. The average molecular weight is 287 g/mol. The first kappa shape index (κ1) is 15.7. The summed E-state index contributed by atoms with van der Waals surface area (Å²) in [6.07, 6.45) is 1.09. The van der Waals surface area contributed by atoms with Crippen LogP contribution in [-0.4, -0.2) is 6.54 Å². The first-order valence-corrected chi connectivity index (χ1v) is 7.39. The van der Waals surface area contributed by atoms with Gasteiger partial charge in [0.2, 0.25) is 0 Å². The molecule has 0 aliphatic heterocycles. The Kier molecular flexibility index (Phi) is 6.38. The smallest absolute Gasteiger partial charge is 0.128 e. The number of rotatable bonds is 8. The summed E-state index contributed by atoms with van der Waals surface area (Å²) in [6.45, 7) is 4.65. The van der Waals surface area contributed by atoms with Crippen molar-refractivity contribution in [2.75, 3.05) is 6.54 Å². The molecule has 0 heterocycles. The quantitative estimate of drug-likeness (QED) is 0.740. The molecular weight excluding hydrogens is 265 g/mol. The van der Waals surface area contributed by atoms with Crippen LogP contribution in [-0.2, 0) is 24.5 Å². The molecule has 2 aromatic carbocycles. The summed E-state index contributed by atoms with van der Waals surface area (Å²) in [5.74, 6) is -0.206. The maximum Gasteiger partial charge on any atom is 0.128 e. The normalized spacial score (nSPS) is 10.8. The lowest BCUT2D eigenvalue weighted by Crippen LogP contribution is -2.14. The van der Waals surface area contributed by atoms with Gasteiger partial charge in [-0.1, -0.05) is 43.3 Å². The Labute approximate surface area is 126 Å². The minimum absolute atomic E-state index is 0.206. The van der Waals surface area contributed by atoms with E-state index in [1.807, 2.05) is 42.5 Å². The van der Waals surface area contributed by atoms with Gasteiger partial charge in [0.25, 0.3) is 0 Å². The van der Waals surface area contributed by atoms with Gasteiger partial charge in [0.05, 0.1) is 13.2 Å². The zero-order valence-corrected chi connectivity index (χ0v) is 12.4. The molecule has 0 radical (unpaired) electrons. The van der Waals surface area contributed by atoms with E-state index in [1.165, 1.54) is 6.07 Å². The van der Waals surface area contributed by atoms with Crippen LogP contribution < -0.4 is 5.32 Å². The Morgan fingerprint density at radius 1 is 1.00 bits per heavy atom. The van der Waals surface area contributed by atoms with Crippen LogP contribution >= 0.6 is 0 Å². The molecule has 0 aromatic heterocycles. The fraction of sp³-hybridized carbons (Fsp3) is 0.333. The van der Waals surface area contributed by atoms with Crippen molar-refractivity contribution in [2.24, 2.45) is 0 Å². The topological polar surface area (TPSA) is 21.3 Å². The van der Waals surface area contributed by atoms with E-state index >= 15 is 0 Å². The second kappa shape index (κ2) is 8.55. The van der Waals surface area contributed by atoms with E-state index in [1.54, 1.807) is 0 Å². The average Bonchev–Trinajstić information content (AvgIpc) is 2.51. The highest BCUT2D eigenvalue weighted by Gasteiger charge is 2.04. The number of halogens is 1. The first-order valence-electron chi connectivity index (χ1n) is 7.39. The molecule has 0 atom stereocenters. The van der Waals surface area contributed by atoms with Gasteiger partial charge < -0.3 is 10.1 Å². The van der Waals surface area contributed by atoms with Gasteiger partial charge in [0, 0.05) is 12.1 Å². The summed E-state index contributed by atoms with van der Waals surface area (Å²) >= 11 is 0. The summed E-state index contributed by atoms with van der Waals surface area (Å²) in [4.78, 5) is 0. The Morgan fingerprint density at radius 3 is 2.57 bits per heavy atom. The van der Waals surface area contributed by atoms with Gasteiger partial charge in [0.1, 0.15) is 5.82 Å². The Balaban J connectivity index is 1.88. The summed E-state index contributed by atoms with van der Waals surface area (Å²) in [5, 5.41) is 3.32. The van der Waals surface area contributed by atoms with Crippen LogP contribution in [0.1, 0.15) is 30.0 Å². The summed E-state index contributed by atoms with van der Waals surface area (Å²) in [5.41, 5.74) is 2.79. The maximum absolute atomic E-state index is 13.8. The monoisotopic (exact) mass is 287 g/mol. The summed E-state index contributed by atoms with van der Waals surface area (Å²) in [6, 6.07) is 15.1. The fourth-order valence-electron chi connectivity index (χ4n) is 2.11. The minimum atomic E-state index is -0.206. The van der Waals surface area contributed by atoms with E-state index in [4.69, 9.17) is 4.74 Å². The Morgan fingerprint density at radius 2 is 1.81 bits per heavy atom. The predicted octanol–water partition coefficient (Wildman–Crippen LogP) is 4.04. The lowest BCUT2D eigenvalue weighted by molar-refractivity contribution is 0.105. The fourth-order valence-corrected chi connectivity index (χ4v) is 2.11. The molecule has 0 unspecified atom stereocenters. The largest absolute Gasteiger partial charge is 0.372 e. The van der Waals surface area contributed by atoms with E-state index in [0.29, 0.717) is 18.8 Å². The molecular formula is C18H22FNO. The van der Waals surface area contributed by atoms with Crippen LogP contribution in [0.4, 0.5) is 4.39 Å². The molecule has 0 saturated carbocycles. The number of hydrogen-bond acceptors (Lipinski definition) is 2. The second-order valence-corrected chi connectivity index (χ2v) is 5.08. The molecule has 0 spiro atoms. The van der Waals surface area contributed by atoms with Gasteiger partial charge in [-0.3, -0.25) is 0 Å². The number of nitrogens with one attached hydrogen (secondary N) is 1. The zero-order chi connectivity index (χ0) is 14.9. The van der Waals surface area contributed by atoms with Crippen molar-refractivity contribution in [2.45, 2.75) is 33.1 Å². The van der Waals surface area contributed by atoms with Crippen LogP contribution in [0.25, 0.3) is 0 Å².